The quantitative estimate of drug-likeness (QED) is 0.0394. The molecule has 0 radical (unpaired) electrons. The highest BCUT2D eigenvalue weighted by atomic mass is 19.4. The van der Waals surface area contributed by atoms with E-state index in [1.807, 2.05) is 74.6 Å². The first-order valence-electron chi connectivity index (χ1n) is 39.2. The maximum absolute atomic E-state index is 14.0. The Morgan fingerprint density at radius 2 is 0.746 bits per heavy atom. The van der Waals surface area contributed by atoms with E-state index in [9.17, 15) is 53.9 Å². The Labute approximate surface area is 698 Å². The number of likely N-dealkylation sites (tertiary alicyclic amines) is 3. The van der Waals surface area contributed by atoms with Crippen LogP contribution in [0.4, 0.5) is 74.0 Å². The lowest BCUT2D eigenvalue weighted by molar-refractivity contribution is -0.140. The highest BCUT2D eigenvalue weighted by Crippen LogP contribution is 2.43. The number of hydrogen-bond acceptors (Lipinski definition) is 17. The van der Waals surface area contributed by atoms with Crippen molar-refractivity contribution in [2.75, 3.05) is 106 Å². The molecule has 2 spiro atoms. The van der Waals surface area contributed by atoms with Gasteiger partial charge in [-0.2, -0.15) is 39.5 Å². The van der Waals surface area contributed by atoms with E-state index in [0.29, 0.717) is 80.5 Å². The van der Waals surface area contributed by atoms with E-state index in [-0.39, 0.29) is 80.9 Å². The summed E-state index contributed by atoms with van der Waals surface area (Å²) in [6.07, 6.45) is -4.03. The number of pyridine rings is 6. The number of anilines is 6. The number of nitrogen functional groups attached to an aromatic ring is 3. The number of nitrogens with zero attached hydrogens (tertiary/aromatic N) is 10. The van der Waals surface area contributed by atoms with Crippen molar-refractivity contribution in [3.63, 3.8) is 0 Å². The number of halogens is 9. The number of amides is 3. The molecule has 6 aromatic carbocycles. The summed E-state index contributed by atoms with van der Waals surface area (Å²) in [7, 11) is 2.05. The van der Waals surface area contributed by atoms with Crippen LogP contribution in [-0.2, 0) is 38.2 Å². The molecule has 10 N–H and O–H groups in total. The first-order valence-corrected chi connectivity index (χ1v) is 39.2. The number of carbonyl (C=O) groups is 3. The van der Waals surface area contributed by atoms with Crippen LogP contribution in [0.1, 0.15) is 128 Å². The maximum atomic E-state index is 14.0. The summed E-state index contributed by atoms with van der Waals surface area (Å²) in [5.74, 6) is 17.8. The monoisotopic (exact) mass is 1660 g/mol. The van der Waals surface area contributed by atoms with Crippen LogP contribution in [0.5, 0.6) is 0 Å². The molecule has 0 aliphatic carbocycles. The summed E-state index contributed by atoms with van der Waals surface area (Å²) in [5, 5.41) is 13.4. The van der Waals surface area contributed by atoms with Crippen molar-refractivity contribution in [3.8, 4) is 35.5 Å². The van der Waals surface area contributed by atoms with Gasteiger partial charge in [-0.25, -0.2) is 15.0 Å². The molecular weight excluding hydrogens is 1570 g/mol. The largest absolute Gasteiger partial charge is 0.416 e. The number of fused-ring (bicyclic) bond motifs is 3. The van der Waals surface area contributed by atoms with Crippen molar-refractivity contribution in [1.82, 2.24) is 54.8 Å². The Morgan fingerprint density at radius 1 is 0.426 bits per heavy atom. The Hall–Kier alpha value is -13.3. The van der Waals surface area contributed by atoms with Crippen molar-refractivity contribution < 1.29 is 53.9 Å². The van der Waals surface area contributed by atoms with Gasteiger partial charge in [0.15, 0.2) is 0 Å². The highest BCUT2D eigenvalue weighted by Gasteiger charge is 2.51. The van der Waals surface area contributed by atoms with Gasteiger partial charge in [0, 0.05) is 187 Å². The van der Waals surface area contributed by atoms with Gasteiger partial charge in [-0.05, 0) is 183 Å². The second kappa shape index (κ2) is 35.2. The van der Waals surface area contributed by atoms with E-state index in [0.717, 1.165) is 103 Å². The summed E-state index contributed by atoms with van der Waals surface area (Å²) in [6, 6.07) is 37.8. The van der Waals surface area contributed by atoms with Gasteiger partial charge in [0.25, 0.3) is 17.7 Å². The topological polar surface area (TPSA) is 268 Å². The molecule has 4 saturated heterocycles. The normalized spacial score (nSPS) is 14.7. The predicted molar refractivity (Wildman–Crippen MR) is 454 cm³/mol. The smallest absolute Gasteiger partial charge is 0.382 e. The van der Waals surface area contributed by atoms with Crippen LogP contribution < -0.4 is 38.5 Å². The van der Waals surface area contributed by atoms with Crippen LogP contribution in [0, 0.1) is 67.1 Å². The van der Waals surface area contributed by atoms with Crippen molar-refractivity contribution in [3.05, 3.63) is 283 Å². The van der Waals surface area contributed by atoms with Crippen LogP contribution in [0.15, 0.2) is 183 Å². The van der Waals surface area contributed by atoms with Crippen LogP contribution in [0.3, 0.4) is 0 Å². The van der Waals surface area contributed by atoms with Crippen LogP contribution >= 0.6 is 0 Å². The summed E-state index contributed by atoms with van der Waals surface area (Å²) < 4.78 is 125. The molecule has 6 aromatic heterocycles. The third-order valence-corrected chi connectivity index (χ3v) is 22.1. The van der Waals surface area contributed by atoms with Gasteiger partial charge in [0.2, 0.25) is 0 Å². The van der Waals surface area contributed by atoms with Crippen molar-refractivity contribution >= 4 is 84.9 Å². The third-order valence-electron chi connectivity index (χ3n) is 22.1. The molecule has 20 nitrogen and oxygen atoms in total. The standard InChI is InChI=1S/C32H29F3N6O.C31H27F3N6O.C30H28F3N5O/c1-20-5-6-22(12-21(20)7-8-23-14-38-29(36)28-26(23)4-3-11-37-28)30(42)39-25-10-9-24(27(13-25)32(33,34)35)15-41-18-31(19-41)16-40(2)17-31;1-19-4-5-21(11-20(19)6-7-22-13-38-28(35)27-25(22)3-2-10-37-27)29(41)39-24-9-8-23(26(12-24)31(32,33)34)14-40-17-30(18-40)15-36-16-30;1-4-38(5-2)18-23-12-13-24(16-26(23)30(31,32)33)37-29(39)21-9-8-19(3)20(15-21)10-11-22-17-36-28(34)27-25(22)7-6-14-35-27/h3-6,9-14H,15-19H2,1-2H3,(H2,36,38)(H,39,42);2-5,8-13,36H,14-18H2,1H3,(H2,35,38)(H,39,41);6-9,12-17H,4-5,18H2,1-3H3,(H2,34,36)(H,37,39). The van der Waals surface area contributed by atoms with E-state index in [1.54, 1.807) is 110 Å². The van der Waals surface area contributed by atoms with E-state index in [2.05, 4.69) is 91.6 Å². The molecule has 16 rings (SSSR count). The molecule has 29 heteroatoms. The van der Waals surface area contributed by atoms with Gasteiger partial charge in [-0.15, -0.1) is 0 Å². The van der Waals surface area contributed by atoms with Crippen molar-refractivity contribution in [1.29, 1.82) is 0 Å². The predicted octanol–water partition coefficient (Wildman–Crippen LogP) is 15.6. The zero-order valence-corrected chi connectivity index (χ0v) is 67.3. The molecule has 3 amide bonds. The molecule has 4 fully saturated rings. The van der Waals surface area contributed by atoms with Crippen molar-refractivity contribution in [2.24, 2.45) is 10.8 Å². The molecule has 0 unspecified atom stereocenters. The van der Waals surface area contributed by atoms with Gasteiger partial charge >= 0.3 is 18.5 Å². The van der Waals surface area contributed by atoms with E-state index < -0.39 is 52.9 Å². The fourth-order valence-corrected chi connectivity index (χ4v) is 15.6. The minimum Gasteiger partial charge on any atom is -0.382 e. The van der Waals surface area contributed by atoms with Gasteiger partial charge in [0.1, 0.15) is 34.0 Å². The van der Waals surface area contributed by atoms with Gasteiger partial charge < -0.3 is 43.4 Å². The van der Waals surface area contributed by atoms with Crippen LogP contribution in [0.2, 0.25) is 0 Å². The Balaban J connectivity index is 0.000000150. The van der Waals surface area contributed by atoms with Gasteiger partial charge in [-0.1, -0.05) is 85.8 Å². The molecule has 0 saturated carbocycles. The number of rotatable bonds is 14. The molecular formula is C93H84F9N17O3. The SMILES string of the molecule is CCN(CC)Cc1ccc(NC(=O)c2ccc(C)c(C#Cc3cnc(N)c4ncccc34)c2)cc1C(F)(F)F.Cc1ccc(C(=O)Nc2ccc(CN3CC4(CN(C)C4)C3)c(C(F)(F)F)c2)cc1C#Cc1cnc(N)c2ncccc12.Cc1ccc(C(=O)Nc2ccc(CN3CC4(CNC4)C3)c(C(F)(F)F)c2)cc1C#Cc1cnc(N)c2ncccc12. The summed E-state index contributed by atoms with van der Waals surface area (Å²) in [5.41, 5.74) is 25.5. The molecule has 4 aliphatic heterocycles. The number of aromatic nitrogens is 6. The number of carbonyl (C=O) groups excluding carboxylic acids is 3. The molecule has 12 aromatic rings. The number of benzene rings is 6. The third kappa shape index (κ3) is 19.4. The van der Waals surface area contributed by atoms with Crippen LogP contribution in [0.25, 0.3) is 32.7 Å². The first-order chi connectivity index (χ1) is 58.2. The Morgan fingerprint density at radius 3 is 1.06 bits per heavy atom. The zero-order chi connectivity index (χ0) is 86.6. The average Bonchev–Trinajstić information content (AvgIpc) is 0.747. The van der Waals surface area contributed by atoms with Gasteiger partial charge in [-0.3, -0.25) is 44.0 Å². The average molecular weight is 1660 g/mol. The highest BCUT2D eigenvalue weighted by molar-refractivity contribution is 6.06. The minimum absolute atomic E-state index is 0.0655. The number of hydrogen-bond donors (Lipinski definition) is 7. The van der Waals surface area contributed by atoms with Gasteiger partial charge in [0.05, 0.1) is 33.4 Å². The summed E-state index contributed by atoms with van der Waals surface area (Å²) in [6.45, 7) is 18.3. The van der Waals surface area contributed by atoms with E-state index >= 15 is 0 Å². The number of nitrogens with two attached hydrogens (primary N) is 3. The molecule has 122 heavy (non-hydrogen) atoms. The summed E-state index contributed by atoms with van der Waals surface area (Å²) >= 11 is 0. The fourth-order valence-electron chi connectivity index (χ4n) is 15.6. The first kappa shape index (κ1) is 85.1. The summed E-state index contributed by atoms with van der Waals surface area (Å²) in [4.78, 5) is 72.6. The second-order valence-corrected chi connectivity index (χ2v) is 31.2. The maximum Gasteiger partial charge on any atom is 0.416 e. The minimum atomic E-state index is -4.55. The number of nitrogens with one attached hydrogen (secondary N) is 4. The second-order valence-electron chi connectivity index (χ2n) is 31.2. The molecule has 0 atom stereocenters. The lowest BCUT2D eigenvalue weighted by atomic mass is 9.73. The van der Waals surface area contributed by atoms with Crippen LogP contribution in [-0.4, -0.2) is 140 Å². The molecule has 4 aliphatic rings. The number of alkyl halides is 9. The fraction of sp³-hybridized carbons (Fsp3) is 0.258. The number of aryl methyl sites for hydroxylation is 3. The van der Waals surface area contributed by atoms with E-state index in [4.69, 9.17) is 17.2 Å². The molecule has 10 heterocycles. The van der Waals surface area contributed by atoms with Crippen molar-refractivity contribution in [2.45, 2.75) is 72.8 Å². The zero-order valence-electron chi connectivity index (χ0n) is 67.3. The lowest BCUT2D eigenvalue weighted by Gasteiger charge is -2.59. The molecule has 0 bridgehead atoms. The lowest BCUT2D eigenvalue weighted by Crippen LogP contribution is -2.70. The molecule has 622 valence electrons. The Kier molecular flexibility index (Phi) is 24.5. The van der Waals surface area contributed by atoms with E-state index in [1.165, 1.54) is 36.4 Å². The Bertz CT molecular complexity index is 6270.